The largest absolute Gasteiger partial charge is 0.396 e. The average Bonchev–Trinajstić information content (AvgIpc) is 3.53. The first-order valence-corrected chi connectivity index (χ1v) is 13.4. The predicted octanol–water partition coefficient (Wildman–Crippen LogP) is 3.04. The van der Waals surface area contributed by atoms with Crippen LogP contribution in [0.1, 0.15) is 32.6 Å². The van der Waals surface area contributed by atoms with Crippen LogP contribution in [0.4, 0.5) is 5.69 Å². The average molecular weight is 530 g/mol. The minimum Gasteiger partial charge on any atom is -0.396 e. The number of halogens is 1. The van der Waals surface area contributed by atoms with Crippen molar-refractivity contribution < 1.29 is 24.2 Å². The fraction of sp³-hybridized carbons (Fsp3) is 0.536. The number of carbonyl (C=O) groups excluding carboxylic acids is 3. The van der Waals surface area contributed by atoms with Crippen molar-refractivity contribution in [3.63, 3.8) is 0 Å². The molecular weight excluding hydrogens is 494 g/mol. The van der Waals surface area contributed by atoms with Gasteiger partial charge in [-0.25, -0.2) is 0 Å². The van der Waals surface area contributed by atoms with E-state index in [1.807, 2.05) is 6.92 Å². The minimum atomic E-state index is -1.09. The third-order valence-corrected chi connectivity index (χ3v) is 8.00. The molecule has 3 saturated heterocycles. The van der Waals surface area contributed by atoms with Crippen LogP contribution in [0, 0.1) is 11.8 Å². The maximum Gasteiger partial charge on any atom is 0.253 e. The number of benzene rings is 1. The second kappa shape index (κ2) is 11.4. The summed E-state index contributed by atoms with van der Waals surface area (Å²) in [6, 6.07) is 6.02. The Labute approximate surface area is 223 Å². The quantitative estimate of drug-likeness (QED) is 0.420. The van der Waals surface area contributed by atoms with E-state index < -0.39 is 29.6 Å². The van der Waals surface area contributed by atoms with Gasteiger partial charge in [-0.1, -0.05) is 30.7 Å². The van der Waals surface area contributed by atoms with Gasteiger partial charge in [0.1, 0.15) is 11.6 Å². The lowest BCUT2D eigenvalue weighted by atomic mass is 9.70. The molecule has 3 aliphatic heterocycles. The summed E-state index contributed by atoms with van der Waals surface area (Å²) >= 11 is 6.08. The number of nitrogens with zero attached hydrogens (tertiary/aromatic N) is 3. The van der Waals surface area contributed by atoms with E-state index in [2.05, 4.69) is 13.2 Å². The zero-order chi connectivity index (χ0) is 26.7. The van der Waals surface area contributed by atoms with E-state index in [0.29, 0.717) is 43.1 Å². The predicted molar refractivity (Wildman–Crippen MR) is 142 cm³/mol. The Balaban J connectivity index is 1.74. The Morgan fingerprint density at radius 2 is 1.92 bits per heavy atom. The summed E-state index contributed by atoms with van der Waals surface area (Å²) in [5, 5.41) is 10.1. The normalized spacial score (nSPS) is 27.8. The van der Waals surface area contributed by atoms with Gasteiger partial charge >= 0.3 is 0 Å². The Kier molecular flexibility index (Phi) is 8.41. The first kappa shape index (κ1) is 27.4. The molecule has 1 N–H and O–H groups in total. The molecule has 4 rings (SSSR count). The second-order valence-electron chi connectivity index (χ2n) is 9.95. The summed E-state index contributed by atoms with van der Waals surface area (Å²) in [6.45, 7) is 10.9. The number of aliphatic hydroxyl groups excluding tert-OH is 1. The van der Waals surface area contributed by atoms with Crippen LogP contribution in [0.15, 0.2) is 49.6 Å². The molecule has 5 atom stereocenters. The van der Waals surface area contributed by atoms with Gasteiger partial charge in [0.2, 0.25) is 11.8 Å². The molecule has 37 heavy (non-hydrogen) atoms. The Hall–Kier alpha value is -2.68. The molecule has 200 valence electrons. The number of aliphatic hydroxyl groups is 1. The SMILES string of the molecule is C=CCN(CCC)C(=O)[C@@H]1[C@@H]2CCC3(O2)C(C(=O)N(CC=C)c2ccc(Cl)cc2)N(CCCO)C(=O)[C@H]13. The van der Waals surface area contributed by atoms with Gasteiger partial charge in [-0.2, -0.15) is 0 Å². The van der Waals surface area contributed by atoms with Gasteiger partial charge < -0.3 is 24.5 Å². The summed E-state index contributed by atoms with van der Waals surface area (Å²) in [4.78, 5) is 46.9. The maximum atomic E-state index is 14.3. The lowest BCUT2D eigenvalue weighted by Crippen LogP contribution is -2.56. The number of ether oxygens (including phenoxy) is 1. The standard InChI is InChI=1S/C28H36ClN3O5/c1-4-14-30(15-5-2)25(34)22-21-12-13-28(37-21)23(22)26(35)32(17-7-18-33)24(28)27(36)31(16-6-3)20-10-8-19(29)9-11-20/h4,6,8-11,21-24,33H,1,3,5,7,12-18H2,2H3/t21-,22+,23-,24?,28?/m0/s1. The van der Waals surface area contributed by atoms with E-state index in [1.54, 1.807) is 46.2 Å². The third kappa shape index (κ3) is 4.71. The van der Waals surface area contributed by atoms with Crippen molar-refractivity contribution in [3.05, 3.63) is 54.6 Å². The van der Waals surface area contributed by atoms with Gasteiger partial charge in [0.25, 0.3) is 5.91 Å². The molecule has 0 saturated carbocycles. The maximum absolute atomic E-state index is 14.3. The van der Waals surface area contributed by atoms with Crippen molar-refractivity contribution >= 4 is 35.0 Å². The summed E-state index contributed by atoms with van der Waals surface area (Å²) in [6.07, 6.45) is 5.13. The van der Waals surface area contributed by atoms with Crippen molar-refractivity contribution in [2.75, 3.05) is 37.7 Å². The minimum absolute atomic E-state index is 0.120. The number of anilines is 1. The van der Waals surface area contributed by atoms with Crippen LogP contribution < -0.4 is 4.90 Å². The smallest absolute Gasteiger partial charge is 0.253 e. The molecule has 1 aromatic rings. The zero-order valence-corrected chi connectivity index (χ0v) is 22.1. The molecule has 1 aromatic carbocycles. The molecular formula is C28H36ClN3O5. The van der Waals surface area contributed by atoms with Gasteiger partial charge in [0, 0.05) is 43.5 Å². The molecule has 1 spiro atoms. The topological polar surface area (TPSA) is 90.4 Å². The number of hydrogen-bond acceptors (Lipinski definition) is 5. The lowest BCUT2D eigenvalue weighted by molar-refractivity contribution is -0.145. The first-order chi connectivity index (χ1) is 17.8. The van der Waals surface area contributed by atoms with Crippen LogP contribution >= 0.6 is 11.6 Å². The summed E-state index contributed by atoms with van der Waals surface area (Å²) in [5.74, 6) is -2.06. The van der Waals surface area contributed by atoms with Crippen molar-refractivity contribution in [2.24, 2.45) is 11.8 Å². The van der Waals surface area contributed by atoms with Crippen LogP contribution in [0.3, 0.4) is 0 Å². The third-order valence-electron chi connectivity index (χ3n) is 7.75. The number of carbonyl (C=O) groups is 3. The molecule has 0 aliphatic carbocycles. The molecule has 3 heterocycles. The van der Waals surface area contributed by atoms with Crippen molar-refractivity contribution in [1.82, 2.24) is 9.80 Å². The van der Waals surface area contributed by atoms with E-state index in [9.17, 15) is 19.5 Å². The lowest BCUT2D eigenvalue weighted by Gasteiger charge is -2.37. The highest BCUT2D eigenvalue weighted by molar-refractivity contribution is 6.30. The summed E-state index contributed by atoms with van der Waals surface area (Å²) < 4.78 is 6.53. The van der Waals surface area contributed by atoms with E-state index in [1.165, 1.54) is 4.90 Å². The monoisotopic (exact) mass is 529 g/mol. The molecule has 0 aromatic heterocycles. The number of likely N-dealkylation sites (tertiary alicyclic amines) is 1. The molecule has 2 bridgehead atoms. The highest BCUT2D eigenvalue weighted by atomic mass is 35.5. The highest BCUT2D eigenvalue weighted by Crippen LogP contribution is 2.59. The van der Waals surface area contributed by atoms with Crippen LogP contribution in [0.2, 0.25) is 5.02 Å². The fourth-order valence-corrected chi connectivity index (χ4v) is 6.47. The van der Waals surface area contributed by atoms with Crippen LogP contribution in [-0.4, -0.2) is 83.2 Å². The van der Waals surface area contributed by atoms with Gasteiger partial charge in [-0.3, -0.25) is 14.4 Å². The Morgan fingerprint density at radius 3 is 2.54 bits per heavy atom. The summed E-state index contributed by atoms with van der Waals surface area (Å²) in [5.41, 5.74) is -0.462. The molecule has 3 aliphatic rings. The Morgan fingerprint density at radius 1 is 1.22 bits per heavy atom. The van der Waals surface area contributed by atoms with Crippen molar-refractivity contribution in [2.45, 2.75) is 50.4 Å². The second-order valence-corrected chi connectivity index (χ2v) is 10.4. The fourth-order valence-electron chi connectivity index (χ4n) is 6.34. The van der Waals surface area contributed by atoms with Gasteiger partial charge in [-0.05, 0) is 49.9 Å². The number of fused-ring (bicyclic) bond motifs is 1. The highest BCUT2D eigenvalue weighted by Gasteiger charge is 2.74. The molecule has 2 unspecified atom stereocenters. The molecule has 8 nitrogen and oxygen atoms in total. The van der Waals surface area contributed by atoms with E-state index in [4.69, 9.17) is 16.3 Å². The Bertz CT molecular complexity index is 1050. The zero-order valence-electron chi connectivity index (χ0n) is 21.4. The summed E-state index contributed by atoms with van der Waals surface area (Å²) in [7, 11) is 0. The van der Waals surface area contributed by atoms with E-state index >= 15 is 0 Å². The molecule has 3 fully saturated rings. The van der Waals surface area contributed by atoms with Gasteiger partial charge in [-0.15, -0.1) is 13.2 Å². The van der Waals surface area contributed by atoms with Crippen LogP contribution in [0.25, 0.3) is 0 Å². The number of hydrogen-bond donors (Lipinski definition) is 1. The number of amides is 3. The van der Waals surface area contributed by atoms with Crippen LogP contribution in [0.5, 0.6) is 0 Å². The van der Waals surface area contributed by atoms with E-state index in [0.717, 1.165) is 6.42 Å². The molecule has 3 amide bonds. The van der Waals surface area contributed by atoms with Crippen LogP contribution in [-0.2, 0) is 19.1 Å². The number of rotatable bonds is 12. The van der Waals surface area contributed by atoms with Crippen molar-refractivity contribution in [1.29, 1.82) is 0 Å². The van der Waals surface area contributed by atoms with Gasteiger partial charge in [0.15, 0.2) is 0 Å². The molecule has 9 heteroatoms. The van der Waals surface area contributed by atoms with Gasteiger partial charge in [0.05, 0.1) is 17.9 Å². The van der Waals surface area contributed by atoms with E-state index in [-0.39, 0.29) is 37.4 Å². The van der Waals surface area contributed by atoms with Crippen molar-refractivity contribution in [3.8, 4) is 0 Å². The molecule has 0 radical (unpaired) electrons. The first-order valence-electron chi connectivity index (χ1n) is 13.0.